The van der Waals surface area contributed by atoms with E-state index in [0.717, 1.165) is 0 Å². The second-order valence-electron chi connectivity index (χ2n) is 9.93. The van der Waals surface area contributed by atoms with Crippen molar-refractivity contribution in [2.75, 3.05) is 119 Å². The molecule has 0 bridgehead atoms. The van der Waals surface area contributed by atoms with Crippen LogP contribution >= 0.6 is 0 Å². The molecule has 0 unspecified atom stereocenters. The minimum absolute atomic E-state index is 0.0225. The number of nitro benzene ring substituents is 1. The largest absolute Gasteiger partial charge is 0.491 e. The SMILES string of the molecule is CC(C)(C)OC(=O)NCCOCCOCCOCCOCCOCCOCCOCCOCCOc1ccc([N+](=O)[O-])cc1. The Bertz CT molecular complexity index is 838. The second-order valence-corrected chi connectivity index (χ2v) is 9.93. The number of carbonyl (C=O) groups excluding carboxylic acids is 1. The Kier molecular flexibility index (Phi) is 23.9. The third kappa shape index (κ3) is 25.8. The van der Waals surface area contributed by atoms with Crippen LogP contribution in [0, 0.1) is 10.1 Å². The summed E-state index contributed by atoms with van der Waals surface area (Å²) in [5.41, 5.74) is -0.494. The predicted octanol–water partition coefficient (Wildman–Crippen LogP) is 2.63. The fourth-order valence-electron chi connectivity index (χ4n) is 3.06. The summed E-state index contributed by atoms with van der Waals surface area (Å²) in [6, 6.07) is 5.89. The van der Waals surface area contributed by atoms with Gasteiger partial charge in [0, 0.05) is 18.7 Å². The predicted molar refractivity (Wildman–Crippen MR) is 159 cm³/mol. The maximum atomic E-state index is 11.5. The van der Waals surface area contributed by atoms with Crippen molar-refractivity contribution in [1.29, 1.82) is 0 Å². The van der Waals surface area contributed by atoms with Gasteiger partial charge in [-0.2, -0.15) is 0 Å². The fourth-order valence-corrected chi connectivity index (χ4v) is 3.06. The first-order valence-electron chi connectivity index (χ1n) is 14.7. The molecule has 15 nitrogen and oxygen atoms in total. The summed E-state index contributed by atoms with van der Waals surface area (Å²) in [5.74, 6) is 0.552. The standard InChI is InChI=1S/C29H50N2O13/c1-29(2,3)44-28(32)30-8-9-35-10-11-36-12-13-37-14-15-38-16-17-39-18-19-40-20-21-41-22-23-42-24-25-43-27-6-4-26(5-7-27)31(33)34/h4-7H,8-25H2,1-3H3,(H,30,32). The van der Waals surface area contributed by atoms with Crippen molar-refractivity contribution >= 4 is 11.8 Å². The number of benzene rings is 1. The molecule has 0 fully saturated rings. The van der Waals surface area contributed by atoms with E-state index in [0.29, 0.717) is 125 Å². The van der Waals surface area contributed by atoms with Crippen LogP contribution in [-0.4, -0.2) is 135 Å². The lowest BCUT2D eigenvalue weighted by atomic mass is 10.2. The van der Waals surface area contributed by atoms with Crippen LogP contribution in [0.1, 0.15) is 20.8 Å². The van der Waals surface area contributed by atoms with Crippen molar-refractivity contribution in [3.8, 4) is 5.75 Å². The lowest BCUT2D eigenvalue weighted by molar-refractivity contribution is -0.384. The van der Waals surface area contributed by atoms with E-state index in [-0.39, 0.29) is 5.69 Å². The van der Waals surface area contributed by atoms with Gasteiger partial charge in [0.2, 0.25) is 0 Å². The third-order valence-electron chi connectivity index (χ3n) is 5.06. The van der Waals surface area contributed by atoms with Crippen LogP contribution in [0.15, 0.2) is 24.3 Å². The summed E-state index contributed by atoms with van der Waals surface area (Å²) in [5, 5.41) is 13.2. The first-order valence-corrected chi connectivity index (χ1v) is 14.7. The lowest BCUT2D eigenvalue weighted by Crippen LogP contribution is -2.34. The van der Waals surface area contributed by atoms with Gasteiger partial charge < -0.3 is 52.7 Å². The van der Waals surface area contributed by atoms with Crippen LogP contribution in [0.25, 0.3) is 0 Å². The monoisotopic (exact) mass is 634 g/mol. The Morgan fingerprint density at radius 1 is 0.614 bits per heavy atom. The smallest absolute Gasteiger partial charge is 0.407 e. The summed E-state index contributed by atoms with van der Waals surface area (Å²) in [7, 11) is 0. The Hall–Kier alpha value is -2.63. The van der Waals surface area contributed by atoms with Gasteiger partial charge in [0.05, 0.1) is 111 Å². The maximum absolute atomic E-state index is 11.5. The molecular weight excluding hydrogens is 584 g/mol. The second kappa shape index (κ2) is 26.7. The number of hydrogen-bond donors (Lipinski definition) is 1. The zero-order valence-corrected chi connectivity index (χ0v) is 26.3. The van der Waals surface area contributed by atoms with Crippen LogP contribution in [0.3, 0.4) is 0 Å². The minimum Gasteiger partial charge on any atom is -0.491 e. The van der Waals surface area contributed by atoms with Crippen molar-refractivity contribution in [1.82, 2.24) is 5.32 Å². The highest BCUT2D eigenvalue weighted by Crippen LogP contribution is 2.17. The van der Waals surface area contributed by atoms with Crippen LogP contribution in [0.2, 0.25) is 0 Å². The number of amides is 1. The molecule has 1 amide bonds. The highest BCUT2D eigenvalue weighted by molar-refractivity contribution is 5.67. The van der Waals surface area contributed by atoms with E-state index in [1.165, 1.54) is 12.1 Å². The van der Waals surface area contributed by atoms with Gasteiger partial charge >= 0.3 is 6.09 Å². The average Bonchev–Trinajstić information content (AvgIpc) is 2.98. The molecule has 0 aliphatic rings. The molecule has 44 heavy (non-hydrogen) atoms. The minimum atomic E-state index is -0.517. The van der Waals surface area contributed by atoms with Crippen molar-refractivity contribution in [2.24, 2.45) is 0 Å². The number of alkyl carbamates (subject to hydrolysis) is 1. The summed E-state index contributed by atoms with van der Waals surface area (Å²) in [6.45, 7) is 13.4. The van der Waals surface area contributed by atoms with Gasteiger partial charge in [-0.25, -0.2) is 4.79 Å². The summed E-state index contributed by atoms with van der Waals surface area (Å²) in [4.78, 5) is 21.6. The first kappa shape index (κ1) is 39.4. The first-order chi connectivity index (χ1) is 21.3. The number of non-ortho nitro benzene ring substituents is 1. The quantitative estimate of drug-likeness (QED) is 0.0778. The van der Waals surface area contributed by atoms with Crippen molar-refractivity contribution in [3.63, 3.8) is 0 Å². The van der Waals surface area contributed by atoms with Crippen LogP contribution < -0.4 is 10.1 Å². The molecule has 0 spiro atoms. The van der Waals surface area contributed by atoms with E-state index in [1.54, 1.807) is 12.1 Å². The van der Waals surface area contributed by atoms with Crippen molar-refractivity contribution in [2.45, 2.75) is 26.4 Å². The summed E-state index contributed by atoms with van der Waals surface area (Å²) < 4.78 is 54.0. The maximum Gasteiger partial charge on any atom is 0.407 e. The molecule has 0 aliphatic carbocycles. The molecule has 0 heterocycles. The number of nitrogens with one attached hydrogen (secondary N) is 1. The highest BCUT2D eigenvalue weighted by atomic mass is 16.6. The molecular formula is C29H50N2O13. The molecule has 0 atom stereocenters. The molecule has 1 aromatic rings. The van der Waals surface area contributed by atoms with E-state index >= 15 is 0 Å². The molecule has 1 rings (SSSR count). The van der Waals surface area contributed by atoms with Gasteiger partial charge in [-0.1, -0.05) is 0 Å². The Morgan fingerprint density at radius 3 is 1.30 bits per heavy atom. The van der Waals surface area contributed by atoms with Gasteiger partial charge in [0.25, 0.3) is 5.69 Å². The highest BCUT2D eigenvalue weighted by Gasteiger charge is 2.15. The Morgan fingerprint density at radius 2 is 0.955 bits per heavy atom. The van der Waals surface area contributed by atoms with Gasteiger partial charge in [-0.05, 0) is 32.9 Å². The molecule has 0 saturated carbocycles. The number of hydrogen-bond acceptors (Lipinski definition) is 13. The molecule has 0 aliphatic heterocycles. The molecule has 0 radical (unpaired) electrons. The molecule has 1 N–H and O–H groups in total. The van der Waals surface area contributed by atoms with Crippen LogP contribution in [-0.2, 0) is 42.6 Å². The zero-order chi connectivity index (χ0) is 32.1. The normalized spacial score (nSPS) is 11.4. The lowest BCUT2D eigenvalue weighted by Gasteiger charge is -2.19. The van der Waals surface area contributed by atoms with Crippen molar-refractivity contribution in [3.05, 3.63) is 34.4 Å². The van der Waals surface area contributed by atoms with Crippen LogP contribution in [0.5, 0.6) is 5.75 Å². The fraction of sp³-hybridized carbons (Fsp3) is 0.759. The topological polar surface area (TPSA) is 165 Å². The number of nitro groups is 1. The molecule has 0 saturated heterocycles. The molecule has 15 heteroatoms. The Labute approximate surface area is 259 Å². The third-order valence-corrected chi connectivity index (χ3v) is 5.06. The van der Waals surface area contributed by atoms with Crippen LogP contribution in [0.4, 0.5) is 10.5 Å². The van der Waals surface area contributed by atoms with E-state index in [4.69, 9.17) is 47.4 Å². The number of ether oxygens (including phenoxy) is 10. The van der Waals surface area contributed by atoms with E-state index in [9.17, 15) is 14.9 Å². The molecule has 1 aromatic carbocycles. The molecule has 0 aromatic heterocycles. The summed E-state index contributed by atoms with van der Waals surface area (Å²) in [6.07, 6.45) is -0.459. The van der Waals surface area contributed by atoms with E-state index in [2.05, 4.69) is 5.32 Å². The number of nitrogens with zero attached hydrogens (tertiary/aromatic N) is 1. The summed E-state index contributed by atoms with van der Waals surface area (Å²) >= 11 is 0. The number of carbonyl (C=O) groups is 1. The van der Waals surface area contributed by atoms with Gasteiger partial charge in [-0.3, -0.25) is 10.1 Å². The molecule has 254 valence electrons. The average molecular weight is 635 g/mol. The zero-order valence-electron chi connectivity index (χ0n) is 26.3. The Balaban J connectivity index is 1.69. The van der Waals surface area contributed by atoms with Gasteiger partial charge in [0.15, 0.2) is 0 Å². The van der Waals surface area contributed by atoms with Gasteiger partial charge in [0.1, 0.15) is 18.0 Å². The van der Waals surface area contributed by atoms with Gasteiger partial charge in [-0.15, -0.1) is 0 Å². The van der Waals surface area contributed by atoms with E-state index < -0.39 is 16.6 Å². The van der Waals surface area contributed by atoms with E-state index in [1.807, 2.05) is 20.8 Å². The van der Waals surface area contributed by atoms with Crippen molar-refractivity contribution < 1.29 is 57.1 Å². The number of rotatable bonds is 29.